The lowest BCUT2D eigenvalue weighted by atomic mass is 10.2. The van der Waals surface area contributed by atoms with E-state index in [1.807, 2.05) is 31.2 Å². The van der Waals surface area contributed by atoms with Crippen LogP contribution in [0.2, 0.25) is 0 Å². The molecule has 5 nitrogen and oxygen atoms in total. The number of hydrogen-bond acceptors (Lipinski definition) is 5. The van der Waals surface area contributed by atoms with Gasteiger partial charge in [-0.3, -0.25) is 0 Å². The molecule has 0 aliphatic heterocycles. The number of nitrogens with one attached hydrogen (secondary N) is 1. The molecule has 0 aromatic heterocycles. The van der Waals surface area contributed by atoms with Crippen LogP contribution in [0.1, 0.15) is 12.0 Å². The van der Waals surface area contributed by atoms with Crippen molar-refractivity contribution in [2.24, 2.45) is 0 Å². The van der Waals surface area contributed by atoms with E-state index in [-0.39, 0.29) is 0 Å². The van der Waals surface area contributed by atoms with Crippen LogP contribution in [0.15, 0.2) is 24.3 Å². The van der Waals surface area contributed by atoms with Crippen LogP contribution in [0.5, 0.6) is 5.75 Å². The second-order valence-corrected chi connectivity index (χ2v) is 4.94. The van der Waals surface area contributed by atoms with Gasteiger partial charge in [-0.2, -0.15) is 0 Å². The quantitative estimate of drug-likeness (QED) is 0.571. The first-order valence-corrected chi connectivity index (χ1v) is 7.37. The molecule has 0 radical (unpaired) electrons. The maximum atomic E-state index is 9.82. The van der Waals surface area contributed by atoms with Gasteiger partial charge in [-0.25, -0.2) is 0 Å². The smallest absolute Gasteiger partial charge is 0.119 e. The van der Waals surface area contributed by atoms with Gasteiger partial charge in [0.15, 0.2) is 0 Å². The maximum absolute atomic E-state index is 9.82. The van der Waals surface area contributed by atoms with Crippen molar-refractivity contribution in [3.63, 3.8) is 0 Å². The Morgan fingerprint density at radius 2 is 2.10 bits per heavy atom. The average molecular weight is 297 g/mol. The van der Waals surface area contributed by atoms with Gasteiger partial charge in [0.1, 0.15) is 18.5 Å². The fourth-order valence-electron chi connectivity index (χ4n) is 1.77. The molecule has 2 N–H and O–H groups in total. The van der Waals surface area contributed by atoms with Crippen LogP contribution in [0.3, 0.4) is 0 Å². The standard InChI is InChI=1S/C16H27NO4/c1-14-5-3-6-16(11-14)21-13-15(18)12-17-7-4-8-20-10-9-19-2/h3,5-6,11,15,17-18H,4,7-10,12-13H2,1-2H3. The molecule has 120 valence electrons. The fourth-order valence-corrected chi connectivity index (χ4v) is 1.77. The molecule has 0 fully saturated rings. The summed E-state index contributed by atoms with van der Waals surface area (Å²) in [6, 6.07) is 7.81. The van der Waals surface area contributed by atoms with E-state index in [0.29, 0.717) is 33.0 Å². The average Bonchev–Trinajstić information content (AvgIpc) is 2.48. The first kappa shape index (κ1) is 17.9. The third-order valence-electron chi connectivity index (χ3n) is 2.89. The highest BCUT2D eigenvalue weighted by atomic mass is 16.5. The van der Waals surface area contributed by atoms with Crippen molar-refractivity contribution in [3.8, 4) is 5.75 Å². The lowest BCUT2D eigenvalue weighted by molar-refractivity contribution is 0.0683. The molecule has 0 saturated carbocycles. The van der Waals surface area contributed by atoms with E-state index in [0.717, 1.165) is 24.3 Å². The molecule has 1 unspecified atom stereocenters. The summed E-state index contributed by atoms with van der Waals surface area (Å²) in [5, 5.41) is 13.0. The van der Waals surface area contributed by atoms with Crippen LogP contribution in [-0.2, 0) is 9.47 Å². The minimum atomic E-state index is -0.514. The van der Waals surface area contributed by atoms with E-state index in [4.69, 9.17) is 14.2 Å². The Hall–Kier alpha value is -1.14. The molecule has 1 atom stereocenters. The van der Waals surface area contributed by atoms with Crippen LogP contribution >= 0.6 is 0 Å². The van der Waals surface area contributed by atoms with Crippen molar-refractivity contribution in [1.29, 1.82) is 0 Å². The summed E-state index contributed by atoms with van der Waals surface area (Å²) in [7, 11) is 1.66. The third kappa shape index (κ3) is 9.42. The zero-order valence-electron chi connectivity index (χ0n) is 13.0. The van der Waals surface area contributed by atoms with Gasteiger partial charge in [-0.15, -0.1) is 0 Å². The van der Waals surface area contributed by atoms with Crippen molar-refractivity contribution in [3.05, 3.63) is 29.8 Å². The van der Waals surface area contributed by atoms with Crippen molar-refractivity contribution < 1.29 is 19.3 Å². The maximum Gasteiger partial charge on any atom is 0.119 e. The highest BCUT2D eigenvalue weighted by Crippen LogP contribution is 2.12. The Kier molecular flexibility index (Phi) is 9.82. The number of rotatable bonds is 12. The van der Waals surface area contributed by atoms with Gasteiger partial charge in [0, 0.05) is 20.3 Å². The highest BCUT2D eigenvalue weighted by Gasteiger charge is 2.04. The molecule has 0 spiro atoms. The molecule has 1 aromatic carbocycles. The van der Waals surface area contributed by atoms with Gasteiger partial charge in [0.05, 0.1) is 13.2 Å². The Morgan fingerprint density at radius 3 is 2.86 bits per heavy atom. The second kappa shape index (κ2) is 11.5. The van der Waals surface area contributed by atoms with Gasteiger partial charge in [0.2, 0.25) is 0 Å². The second-order valence-electron chi connectivity index (χ2n) is 4.94. The van der Waals surface area contributed by atoms with Gasteiger partial charge in [0.25, 0.3) is 0 Å². The lowest BCUT2D eigenvalue weighted by Gasteiger charge is -2.13. The van der Waals surface area contributed by atoms with Crippen LogP contribution < -0.4 is 10.1 Å². The normalized spacial score (nSPS) is 12.3. The number of aliphatic hydroxyl groups excluding tert-OH is 1. The molecule has 0 saturated heterocycles. The zero-order valence-corrected chi connectivity index (χ0v) is 13.0. The van der Waals surface area contributed by atoms with Crippen LogP contribution in [0.25, 0.3) is 0 Å². The first-order chi connectivity index (χ1) is 10.2. The number of ether oxygens (including phenoxy) is 3. The number of benzene rings is 1. The molecule has 0 bridgehead atoms. The van der Waals surface area contributed by atoms with Crippen molar-refractivity contribution in [2.45, 2.75) is 19.4 Å². The predicted molar refractivity (Wildman–Crippen MR) is 82.9 cm³/mol. The summed E-state index contributed by atoms with van der Waals surface area (Å²) < 4.78 is 15.8. The lowest BCUT2D eigenvalue weighted by Crippen LogP contribution is -2.32. The van der Waals surface area contributed by atoms with Crippen LogP contribution in [-0.4, -0.2) is 57.8 Å². The molecule has 21 heavy (non-hydrogen) atoms. The number of methoxy groups -OCH3 is 1. The van der Waals surface area contributed by atoms with E-state index in [1.165, 1.54) is 0 Å². The van der Waals surface area contributed by atoms with E-state index >= 15 is 0 Å². The Labute approximate surface area is 127 Å². The molecule has 1 aromatic rings. The Morgan fingerprint density at radius 1 is 1.24 bits per heavy atom. The molecule has 0 aliphatic carbocycles. The third-order valence-corrected chi connectivity index (χ3v) is 2.89. The minimum Gasteiger partial charge on any atom is -0.491 e. The zero-order chi connectivity index (χ0) is 15.3. The van der Waals surface area contributed by atoms with Crippen molar-refractivity contribution in [2.75, 3.05) is 46.6 Å². The molecular weight excluding hydrogens is 270 g/mol. The van der Waals surface area contributed by atoms with E-state index in [9.17, 15) is 5.11 Å². The minimum absolute atomic E-state index is 0.292. The monoisotopic (exact) mass is 297 g/mol. The van der Waals surface area contributed by atoms with Crippen molar-refractivity contribution >= 4 is 0 Å². The molecule has 0 amide bonds. The Bertz CT molecular complexity index is 373. The summed E-state index contributed by atoms with van der Waals surface area (Å²) in [5.74, 6) is 0.792. The summed E-state index contributed by atoms with van der Waals surface area (Å²) >= 11 is 0. The summed E-state index contributed by atoms with van der Waals surface area (Å²) in [5.41, 5.74) is 1.15. The largest absolute Gasteiger partial charge is 0.491 e. The number of aliphatic hydroxyl groups is 1. The topological polar surface area (TPSA) is 60.0 Å². The van der Waals surface area contributed by atoms with Gasteiger partial charge in [-0.1, -0.05) is 12.1 Å². The molecule has 0 heterocycles. The van der Waals surface area contributed by atoms with Gasteiger partial charge >= 0.3 is 0 Å². The van der Waals surface area contributed by atoms with E-state index in [1.54, 1.807) is 7.11 Å². The molecule has 5 heteroatoms. The highest BCUT2D eigenvalue weighted by molar-refractivity contribution is 5.27. The van der Waals surface area contributed by atoms with Gasteiger partial charge in [-0.05, 0) is 37.6 Å². The molecule has 0 aliphatic rings. The summed E-state index contributed by atoms with van der Waals surface area (Å²) in [6.45, 7) is 5.59. The molecule has 1 rings (SSSR count). The van der Waals surface area contributed by atoms with Gasteiger partial charge < -0.3 is 24.6 Å². The molecular formula is C16H27NO4. The van der Waals surface area contributed by atoms with Crippen LogP contribution in [0, 0.1) is 6.92 Å². The summed E-state index contributed by atoms with van der Waals surface area (Å²) in [6.07, 6.45) is 0.398. The predicted octanol–water partition coefficient (Wildman–Crippen LogP) is 1.38. The van der Waals surface area contributed by atoms with Crippen molar-refractivity contribution in [1.82, 2.24) is 5.32 Å². The van der Waals surface area contributed by atoms with E-state index < -0.39 is 6.10 Å². The first-order valence-electron chi connectivity index (χ1n) is 7.37. The van der Waals surface area contributed by atoms with E-state index in [2.05, 4.69) is 5.32 Å². The summed E-state index contributed by atoms with van der Waals surface area (Å²) in [4.78, 5) is 0. The fraction of sp³-hybridized carbons (Fsp3) is 0.625. The number of aryl methyl sites for hydroxylation is 1. The van der Waals surface area contributed by atoms with Crippen LogP contribution in [0.4, 0.5) is 0 Å². The SMILES string of the molecule is COCCOCCCNCC(O)COc1cccc(C)c1. The Balaban J connectivity index is 1.97. The number of hydrogen-bond donors (Lipinski definition) is 2.